The Labute approximate surface area is 325 Å². The van der Waals surface area contributed by atoms with Crippen molar-refractivity contribution in [3.05, 3.63) is 150 Å². The molecule has 0 saturated carbocycles. The molecular weight excluding hydrogens is 829 g/mol. The fraction of sp³-hybridized carbons (Fsp3) is 0.277. The minimum Gasteiger partial charge on any atom is -0.500 e. The number of para-hydroxylation sites is 1. The molecule has 5 heteroatoms. The van der Waals surface area contributed by atoms with Gasteiger partial charge in [-0.2, -0.15) is 0 Å². The fourth-order valence-electron chi connectivity index (χ4n) is 6.78. The van der Waals surface area contributed by atoms with E-state index in [1.54, 1.807) is 0 Å². The number of furan rings is 1. The van der Waals surface area contributed by atoms with Crippen LogP contribution in [0.25, 0.3) is 44.5 Å². The average molecular weight is 879 g/mol. The van der Waals surface area contributed by atoms with Crippen LogP contribution in [0.5, 0.6) is 0 Å². The Hall–Kier alpha value is -4.15. The third-order valence-electron chi connectivity index (χ3n) is 9.00. The molecule has 52 heavy (non-hydrogen) atoms. The quantitative estimate of drug-likeness (QED) is 0.113. The zero-order chi connectivity index (χ0) is 36.2. The maximum Gasteiger partial charge on any atom is 0.124 e. The molecule has 0 aliphatic heterocycles. The first-order valence-corrected chi connectivity index (χ1v) is 21.7. The number of benzene rings is 4. The van der Waals surface area contributed by atoms with Crippen LogP contribution in [0.15, 0.2) is 120 Å². The number of pyridine rings is 2. The molecule has 0 N–H and O–H groups in total. The van der Waals surface area contributed by atoms with Gasteiger partial charge in [-0.05, 0) is 57.9 Å². The van der Waals surface area contributed by atoms with Gasteiger partial charge in [0.1, 0.15) is 5.58 Å². The second-order valence-corrected chi connectivity index (χ2v) is 21.3. The van der Waals surface area contributed by atoms with E-state index in [1.165, 1.54) is 27.4 Å². The standard InChI is InChI=1S/C29H26NO.C18H24NSi.Ir/c1-29(2,3)19-21-15-16-30-26(18-21)25-14-8-13-24-23-12-7-11-22(27(23)31-28(24)25)17-20-9-5-4-6-10-20;1-14(2)11-16-12-17(15-9-7-6-8-10-15)19-13-18(16)20(3,4)5;/h4-13,15-16,18H,17,19H2,1-3H3;6-9,12-14H,11H2,1-5H3;/q2*-1;. The van der Waals surface area contributed by atoms with Gasteiger partial charge in [0.2, 0.25) is 0 Å². The summed E-state index contributed by atoms with van der Waals surface area (Å²) in [6.45, 7) is 18.5. The second-order valence-electron chi connectivity index (χ2n) is 16.3. The van der Waals surface area contributed by atoms with Gasteiger partial charge in [-0.1, -0.05) is 137 Å². The van der Waals surface area contributed by atoms with Crippen LogP contribution in [0.3, 0.4) is 0 Å². The van der Waals surface area contributed by atoms with E-state index in [2.05, 4.69) is 155 Å². The summed E-state index contributed by atoms with van der Waals surface area (Å²) < 4.78 is 6.51. The van der Waals surface area contributed by atoms with Crippen molar-refractivity contribution in [2.24, 2.45) is 11.3 Å². The Morgan fingerprint density at radius 2 is 1.46 bits per heavy atom. The van der Waals surface area contributed by atoms with Crippen LogP contribution >= 0.6 is 0 Å². The molecule has 0 amide bonds. The predicted molar refractivity (Wildman–Crippen MR) is 218 cm³/mol. The van der Waals surface area contributed by atoms with Crippen LogP contribution in [-0.2, 0) is 39.4 Å². The van der Waals surface area contributed by atoms with E-state index >= 15 is 0 Å². The Kier molecular flexibility index (Phi) is 12.5. The molecule has 0 spiro atoms. The van der Waals surface area contributed by atoms with Crippen molar-refractivity contribution in [3.63, 3.8) is 0 Å². The zero-order valence-electron chi connectivity index (χ0n) is 31.8. The van der Waals surface area contributed by atoms with Gasteiger partial charge in [0.25, 0.3) is 0 Å². The fourth-order valence-corrected chi connectivity index (χ4v) is 8.37. The molecule has 7 rings (SSSR count). The SMILES string of the molecule is CC(C)(C)Cc1ccnc(-c2[c-]ccc3c2oc2c(Cc4ccccc4)cccc23)c1.CC(C)Cc1cc(-c2[c-]cccc2)ncc1[Si](C)(C)C.[Ir]. The molecule has 0 fully saturated rings. The largest absolute Gasteiger partial charge is 0.500 e. The number of fused-ring (bicyclic) bond motifs is 3. The minimum absolute atomic E-state index is 0. The Balaban J connectivity index is 0.000000217. The van der Waals surface area contributed by atoms with Gasteiger partial charge in [-0.25, -0.2) is 0 Å². The van der Waals surface area contributed by atoms with E-state index < -0.39 is 8.07 Å². The van der Waals surface area contributed by atoms with E-state index in [9.17, 15) is 0 Å². The normalized spacial score (nSPS) is 11.7. The molecule has 0 aliphatic rings. The summed E-state index contributed by atoms with van der Waals surface area (Å²) in [5, 5.41) is 3.75. The molecule has 3 nitrogen and oxygen atoms in total. The molecule has 4 aromatic carbocycles. The van der Waals surface area contributed by atoms with Crippen molar-refractivity contribution in [3.8, 4) is 22.5 Å². The van der Waals surface area contributed by atoms with Crippen molar-refractivity contribution < 1.29 is 24.5 Å². The number of nitrogens with zero attached hydrogens (tertiary/aromatic N) is 2. The summed E-state index contributed by atoms with van der Waals surface area (Å²) in [6, 6.07) is 42.3. The van der Waals surface area contributed by atoms with E-state index in [1.807, 2.05) is 36.5 Å². The number of aromatic nitrogens is 2. The van der Waals surface area contributed by atoms with Gasteiger partial charge >= 0.3 is 0 Å². The second kappa shape index (κ2) is 16.7. The molecule has 269 valence electrons. The topological polar surface area (TPSA) is 38.9 Å². The van der Waals surface area contributed by atoms with Crippen molar-refractivity contribution in [1.82, 2.24) is 9.97 Å². The Morgan fingerprint density at radius 1 is 0.712 bits per heavy atom. The number of rotatable bonds is 8. The van der Waals surface area contributed by atoms with E-state index in [0.29, 0.717) is 5.92 Å². The van der Waals surface area contributed by atoms with Crippen molar-refractivity contribution in [2.75, 3.05) is 0 Å². The zero-order valence-corrected chi connectivity index (χ0v) is 35.2. The molecule has 1 radical (unpaired) electrons. The summed E-state index contributed by atoms with van der Waals surface area (Å²) in [5.41, 5.74) is 11.2. The summed E-state index contributed by atoms with van der Waals surface area (Å²) in [5.74, 6) is 0.667. The van der Waals surface area contributed by atoms with Crippen molar-refractivity contribution >= 4 is 35.2 Å². The summed E-state index contributed by atoms with van der Waals surface area (Å²) >= 11 is 0. The van der Waals surface area contributed by atoms with E-state index in [0.717, 1.165) is 63.7 Å². The number of hydrogen-bond donors (Lipinski definition) is 0. The van der Waals surface area contributed by atoms with Gasteiger partial charge < -0.3 is 14.4 Å². The molecular formula is C47H50IrN2OSi-2. The van der Waals surface area contributed by atoms with Crippen LogP contribution in [0, 0.1) is 23.5 Å². The molecule has 0 unspecified atom stereocenters. The average Bonchev–Trinajstić information content (AvgIpc) is 3.48. The molecule has 0 bridgehead atoms. The molecule has 0 saturated heterocycles. The maximum atomic E-state index is 6.51. The van der Waals surface area contributed by atoms with E-state index in [-0.39, 0.29) is 25.5 Å². The third-order valence-corrected chi connectivity index (χ3v) is 11.1. The first-order valence-electron chi connectivity index (χ1n) is 18.2. The van der Waals surface area contributed by atoms with Crippen LogP contribution in [0.1, 0.15) is 56.9 Å². The van der Waals surface area contributed by atoms with Crippen LogP contribution in [0.2, 0.25) is 19.6 Å². The Bertz CT molecular complexity index is 2230. The van der Waals surface area contributed by atoms with Gasteiger partial charge in [0.15, 0.2) is 0 Å². The monoisotopic (exact) mass is 879 g/mol. The van der Waals surface area contributed by atoms with Crippen LogP contribution in [0.4, 0.5) is 0 Å². The molecule has 0 aliphatic carbocycles. The predicted octanol–water partition coefficient (Wildman–Crippen LogP) is 11.9. The summed E-state index contributed by atoms with van der Waals surface area (Å²) in [4.78, 5) is 9.35. The Morgan fingerprint density at radius 3 is 2.15 bits per heavy atom. The van der Waals surface area contributed by atoms with Gasteiger partial charge in [0, 0.05) is 44.3 Å². The van der Waals surface area contributed by atoms with E-state index in [4.69, 9.17) is 4.42 Å². The van der Waals surface area contributed by atoms with Crippen molar-refractivity contribution in [1.29, 1.82) is 0 Å². The molecule has 3 heterocycles. The minimum atomic E-state index is -1.34. The first kappa shape index (κ1) is 39.1. The van der Waals surface area contributed by atoms with Gasteiger partial charge in [-0.15, -0.1) is 54.1 Å². The molecule has 0 atom stereocenters. The van der Waals surface area contributed by atoms with Gasteiger partial charge in [-0.3, -0.25) is 0 Å². The number of hydrogen-bond acceptors (Lipinski definition) is 3. The molecule has 7 aromatic rings. The summed E-state index contributed by atoms with van der Waals surface area (Å²) in [6.07, 6.45) is 6.98. The third kappa shape index (κ3) is 9.63. The first-order chi connectivity index (χ1) is 24.4. The molecule has 3 aromatic heterocycles. The smallest absolute Gasteiger partial charge is 0.124 e. The van der Waals surface area contributed by atoms with Crippen molar-refractivity contribution in [2.45, 2.75) is 73.5 Å². The van der Waals surface area contributed by atoms with Crippen LogP contribution < -0.4 is 5.19 Å². The summed E-state index contributed by atoms with van der Waals surface area (Å²) in [7, 11) is -1.34. The van der Waals surface area contributed by atoms with Crippen LogP contribution in [-0.4, -0.2) is 18.0 Å². The maximum absolute atomic E-state index is 6.51. The van der Waals surface area contributed by atoms with Gasteiger partial charge in [0.05, 0.1) is 13.7 Å².